The second-order valence-electron chi connectivity index (χ2n) is 5.80. The van der Waals surface area contributed by atoms with Crippen LogP contribution in [0.4, 0.5) is 0 Å². The van der Waals surface area contributed by atoms with E-state index in [0.29, 0.717) is 0 Å². The lowest BCUT2D eigenvalue weighted by Crippen LogP contribution is -2.29. The Morgan fingerprint density at radius 1 is 1.05 bits per heavy atom. The fourth-order valence-corrected chi connectivity index (χ4v) is 2.94. The first kappa shape index (κ1) is 15.1. The first-order valence-electron chi connectivity index (χ1n) is 8.06. The van der Waals surface area contributed by atoms with Crippen molar-refractivity contribution in [3.8, 4) is 0 Å². The van der Waals surface area contributed by atoms with Crippen LogP contribution < -0.4 is 0 Å². The van der Waals surface area contributed by atoms with Crippen LogP contribution in [-0.2, 0) is 9.53 Å². The molecule has 1 aliphatic heterocycles. The summed E-state index contributed by atoms with van der Waals surface area (Å²) >= 11 is 0. The van der Waals surface area contributed by atoms with E-state index in [-0.39, 0.29) is 18.0 Å². The van der Waals surface area contributed by atoms with Crippen LogP contribution >= 0.6 is 0 Å². The molecule has 2 unspecified atom stereocenters. The van der Waals surface area contributed by atoms with Gasteiger partial charge in [-0.3, -0.25) is 4.79 Å². The first-order chi connectivity index (χ1) is 9.81. The summed E-state index contributed by atoms with van der Waals surface area (Å²) in [5, 5.41) is 0. The number of ether oxygens (including phenoxy) is 1. The van der Waals surface area contributed by atoms with Gasteiger partial charge in [-0.05, 0) is 31.2 Å². The van der Waals surface area contributed by atoms with Gasteiger partial charge in [0.25, 0.3) is 0 Å². The molecule has 0 amide bonds. The molecule has 2 rings (SSSR count). The number of carbonyl (C=O) groups excluding carboxylic acids is 1. The standard InChI is InChI=1S/C18H26O2/c1-2-3-4-5-9-12-16-13-14-17(18(19)20-16)15-10-7-6-8-11-15/h6-8,10-11,16-17H,2-5,9,12-14H2,1H3. The summed E-state index contributed by atoms with van der Waals surface area (Å²) in [6.07, 6.45) is 9.50. The van der Waals surface area contributed by atoms with Crippen molar-refractivity contribution < 1.29 is 9.53 Å². The normalized spacial score (nSPS) is 22.6. The Labute approximate surface area is 122 Å². The van der Waals surface area contributed by atoms with Crippen LogP contribution in [0.5, 0.6) is 0 Å². The molecule has 110 valence electrons. The average molecular weight is 274 g/mol. The molecule has 0 aliphatic carbocycles. The van der Waals surface area contributed by atoms with Crippen LogP contribution in [0.15, 0.2) is 30.3 Å². The predicted octanol–water partition coefficient (Wildman–Crippen LogP) is 4.84. The summed E-state index contributed by atoms with van der Waals surface area (Å²) < 4.78 is 5.62. The maximum absolute atomic E-state index is 12.1. The number of benzene rings is 1. The summed E-state index contributed by atoms with van der Waals surface area (Å²) in [4.78, 5) is 12.1. The number of rotatable bonds is 7. The van der Waals surface area contributed by atoms with Crippen molar-refractivity contribution in [2.75, 3.05) is 0 Å². The summed E-state index contributed by atoms with van der Waals surface area (Å²) in [6, 6.07) is 10.0. The van der Waals surface area contributed by atoms with Gasteiger partial charge in [0.05, 0.1) is 5.92 Å². The molecule has 0 radical (unpaired) electrons. The zero-order valence-electron chi connectivity index (χ0n) is 12.5. The maximum atomic E-state index is 12.1. The van der Waals surface area contributed by atoms with Gasteiger partial charge in [-0.2, -0.15) is 0 Å². The van der Waals surface area contributed by atoms with Gasteiger partial charge >= 0.3 is 5.97 Å². The highest BCUT2D eigenvalue weighted by Gasteiger charge is 2.30. The van der Waals surface area contributed by atoms with E-state index in [1.807, 2.05) is 30.3 Å². The quantitative estimate of drug-likeness (QED) is 0.525. The van der Waals surface area contributed by atoms with Crippen LogP contribution in [0.1, 0.15) is 69.8 Å². The average Bonchev–Trinajstić information content (AvgIpc) is 2.48. The van der Waals surface area contributed by atoms with Gasteiger partial charge in [0.2, 0.25) is 0 Å². The van der Waals surface area contributed by atoms with Crippen molar-refractivity contribution in [3.05, 3.63) is 35.9 Å². The Kier molecular flexibility index (Phi) is 6.10. The number of hydrogen-bond acceptors (Lipinski definition) is 2. The van der Waals surface area contributed by atoms with E-state index in [2.05, 4.69) is 6.92 Å². The second kappa shape index (κ2) is 8.08. The predicted molar refractivity (Wildman–Crippen MR) is 81.7 cm³/mol. The second-order valence-corrected chi connectivity index (χ2v) is 5.80. The molecule has 1 saturated heterocycles. The third-order valence-corrected chi connectivity index (χ3v) is 4.18. The molecule has 2 atom stereocenters. The monoisotopic (exact) mass is 274 g/mol. The fraction of sp³-hybridized carbons (Fsp3) is 0.611. The minimum Gasteiger partial charge on any atom is -0.462 e. The van der Waals surface area contributed by atoms with Crippen molar-refractivity contribution >= 4 is 5.97 Å². The lowest BCUT2D eigenvalue weighted by Gasteiger charge is -2.28. The molecular formula is C18H26O2. The van der Waals surface area contributed by atoms with Gasteiger partial charge < -0.3 is 4.74 Å². The molecule has 2 heteroatoms. The summed E-state index contributed by atoms with van der Waals surface area (Å²) in [5.41, 5.74) is 1.10. The van der Waals surface area contributed by atoms with Crippen molar-refractivity contribution in [2.24, 2.45) is 0 Å². The van der Waals surface area contributed by atoms with Crippen LogP contribution in [0.3, 0.4) is 0 Å². The van der Waals surface area contributed by atoms with E-state index in [4.69, 9.17) is 4.74 Å². The lowest BCUT2D eigenvalue weighted by atomic mass is 9.89. The SMILES string of the molecule is CCCCCCCC1CCC(c2ccccc2)C(=O)O1. The highest BCUT2D eigenvalue weighted by molar-refractivity contribution is 5.78. The van der Waals surface area contributed by atoms with Gasteiger partial charge in [-0.25, -0.2) is 0 Å². The van der Waals surface area contributed by atoms with Crippen LogP contribution in [0.2, 0.25) is 0 Å². The summed E-state index contributed by atoms with van der Waals surface area (Å²) in [6.45, 7) is 2.23. The molecule has 0 N–H and O–H groups in total. The molecule has 2 nitrogen and oxygen atoms in total. The Balaban J connectivity index is 1.74. The van der Waals surface area contributed by atoms with E-state index in [1.165, 1.54) is 32.1 Å². The first-order valence-corrected chi connectivity index (χ1v) is 8.06. The van der Waals surface area contributed by atoms with Gasteiger partial charge in [0.1, 0.15) is 6.10 Å². The largest absolute Gasteiger partial charge is 0.462 e. The minimum absolute atomic E-state index is 0.0268. The molecule has 1 aromatic carbocycles. The highest BCUT2D eigenvalue weighted by Crippen LogP contribution is 2.31. The van der Waals surface area contributed by atoms with E-state index >= 15 is 0 Å². The minimum atomic E-state index is -0.0486. The molecule has 0 spiro atoms. The Hall–Kier alpha value is -1.31. The van der Waals surface area contributed by atoms with Crippen LogP contribution in [0.25, 0.3) is 0 Å². The highest BCUT2D eigenvalue weighted by atomic mass is 16.5. The zero-order valence-corrected chi connectivity index (χ0v) is 12.5. The van der Waals surface area contributed by atoms with Gasteiger partial charge in [0.15, 0.2) is 0 Å². The molecule has 0 bridgehead atoms. The summed E-state index contributed by atoms with van der Waals surface area (Å²) in [7, 11) is 0. The topological polar surface area (TPSA) is 26.3 Å². The maximum Gasteiger partial charge on any atom is 0.313 e. The molecule has 20 heavy (non-hydrogen) atoms. The third-order valence-electron chi connectivity index (χ3n) is 4.18. The van der Waals surface area contributed by atoms with Crippen molar-refractivity contribution in [1.82, 2.24) is 0 Å². The van der Waals surface area contributed by atoms with Gasteiger partial charge in [-0.15, -0.1) is 0 Å². The molecule has 1 aliphatic rings. The summed E-state index contributed by atoms with van der Waals surface area (Å²) in [5.74, 6) is -0.0754. The molecule has 0 saturated carbocycles. The lowest BCUT2D eigenvalue weighted by molar-refractivity contribution is -0.156. The molecule has 1 heterocycles. The van der Waals surface area contributed by atoms with Gasteiger partial charge in [0, 0.05) is 0 Å². The van der Waals surface area contributed by atoms with Gasteiger partial charge in [-0.1, -0.05) is 62.9 Å². The van der Waals surface area contributed by atoms with E-state index in [1.54, 1.807) is 0 Å². The number of esters is 1. The van der Waals surface area contributed by atoms with Crippen molar-refractivity contribution in [1.29, 1.82) is 0 Å². The molecular weight excluding hydrogens is 248 g/mol. The number of hydrogen-bond donors (Lipinski definition) is 0. The zero-order chi connectivity index (χ0) is 14.2. The van der Waals surface area contributed by atoms with Crippen LogP contribution in [-0.4, -0.2) is 12.1 Å². The van der Waals surface area contributed by atoms with Crippen LogP contribution in [0, 0.1) is 0 Å². The number of cyclic esters (lactones) is 1. The van der Waals surface area contributed by atoms with Crippen molar-refractivity contribution in [2.45, 2.75) is 70.3 Å². The molecule has 1 aromatic rings. The number of unbranched alkanes of at least 4 members (excludes halogenated alkanes) is 4. The van der Waals surface area contributed by atoms with E-state index in [9.17, 15) is 4.79 Å². The Morgan fingerprint density at radius 2 is 1.80 bits per heavy atom. The Bertz CT molecular complexity index is 399. The smallest absolute Gasteiger partial charge is 0.313 e. The number of carbonyl (C=O) groups is 1. The fourth-order valence-electron chi connectivity index (χ4n) is 2.94. The van der Waals surface area contributed by atoms with E-state index in [0.717, 1.165) is 24.8 Å². The Morgan fingerprint density at radius 3 is 2.50 bits per heavy atom. The molecule has 0 aromatic heterocycles. The van der Waals surface area contributed by atoms with Crippen molar-refractivity contribution in [3.63, 3.8) is 0 Å². The third kappa shape index (κ3) is 4.36. The molecule has 1 fully saturated rings. The van der Waals surface area contributed by atoms with E-state index < -0.39 is 0 Å².